The van der Waals surface area contributed by atoms with Crippen molar-refractivity contribution in [2.45, 2.75) is 26.2 Å². The number of aliphatic imine (C=N–C) groups is 1. The van der Waals surface area contributed by atoms with Crippen LogP contribution in [0.25, 0.3) is 0 Å². The van der Waals surface area contributed by atoms with E-state index in [0.717, 1.165) is 5.56 Å². The zero-order valence-electron chi connectivity index (χ0n) is 14.9. The summed E-state index contributed by atoms with van der Waals surface area (Å²) in [5.41, 5.74) is 0.636. The Morgan fingerprint density at radius 2 is 2.04 bits per heavy atom. The van der Waals surface area contributed by atoms with Crippen LogP contribution >= 0.6 is 24.0 Å². The zero-order valence-corrected chi connectivity index (χ0v) is 17.2. The molecular weight excluding hydrogens is 424 g/mol. The van der Waals surface area contributed by atoms with E-state index in [4.69, 9.17) is 0 Å². The van der Waals surface area contributed by atoms with Crippen molar-refractivity contribution in [2.75, 3.05) is 27.2 Å². The predicted octanol–water partition coefficient (Wildman–Crippen LogP) is 2.70. The van der Waals surface area contributed by atoms with Gasteiger partial charge in [-0.1, -0.05) is 32.9 Å². The first-order chi connectivity index (χ1) is 10.8. The molecule has 0 aliphatic heterocycles. The summed E-state index contributed by atoms with van der Waals surface area (Å²) in [6.07, 6.45) is 0. The van der Waals surface area contributed by atoms with Gasteiger partial charge in [0.2, 0.25) is 0 Å². The summed E-state index contributed by atoms with van der Waals surface area (Å²) < 4.78 is 18.1. The zero-order chi connectivity index (χ0) is 17.5. The fourth-order valence-electron chi connectivity index (χ4n) is 2.07. The Hall–Kier alpha value is -1.38. The summed E-state index contributed by atoms with van der Waals surface area (Å²) in [7, 11) is 3.03. The lowest BCUT2D eigenvalue weighted by Gasteiger charge is -2.27. The van der Waals surface area contributed by atoms with Crippen LogP contribution in [-0.4, -0.2) is 39.2 Å². The summed E-state index contributed by atoms with van der Waals surface area (Å²) in [6.45, 7) is 6.83. The second kappa shape index (κ2) is 10.5. The summed E-state index contributed by atoms with van der Waals surface area (Å²) >= 11 is 0. The molecule has 1 aromatic rings. The molecule has 0 amide bonds. The average Bonchev–Trinajstić information content (AvgIpc) is 2.53. The Morgan fingerprint density at radius 3 is 2.58 bits per heavy atom. The van der Waals surface area contributed by atoms with Gasteiger partial charge in [0.05, 0.1) is 13.0 Å². The van der Waals surface area contributed by atoms with Crippen LogP contribution in [-0.2, 0) is 14.9 Å². The SMILES string of the molecule is CN=C(NCC(C)C(=O)OC)NCC(C)(C)c1cccc(F)c1.I. The number of carbonyl (C=O) groups excluding carboxylic acids is 1. The van der Waals surface area contributed by atoms with Crippen molar-refractivity contribution < 1.29 is 13.9 Å². The Balaban J connectivity index is 0.00000529. The number of halogens is 2. The maximum Gasteiger partial charge on any atom is 0.310 e. The molecule has 0 bridgehead atoms. The van der Waals surface area contributed by atoms with E-state index in [1.807, 2.05) is 19.9 Å². The molecule has 5 nitrogen and oxygen atoms in total. The summed E-state index contributed by atoms with van der Waals surface area (Å²) in [4.78, 5) is 15.5. The quantitative estimate of drug-likeness (QED) is 0.302. The third kappa shape index (κ3) is 7.02. The first kappa shape index (κ1) is 22.6. The van der Waals surface area contributed by atoms with Gasteiger partial charge in [0.15, 0.2) is 5.96 Å². The second-order valence-corrected chi connectivity index (χ2v) is 6.13. The van der Waals surface area contributed by atoms with Crippen LogP contribution in [0.1, 0.15) is 26.3 Å². The summed E-state index contributed by atoms with van der Waals surface area (Å²) in [5, 5.41) is 6.29. The van der Waals surface area contributed by atoms with E-state index in [2.05, 4.69) is 20.4 Å². The van der Waals surface area contributed by atoms with Crippen LogP contribution in [0.2, 0.25) is 0 Å². The highest BCUT2D eigenvalue weighted by atomic mass is 127. The molecule has 0 heterocycles. The number of nitrogens with zero attached hydrogens (tertiary/aromatic N) is 1. The van der Waals surface area contributed by atoms with Crippen molar-refractivity contribution in [1.82, 2.24) is 10.6 Å². The van der Waals surface area contributed by atoms with Crippen LogP contribution in [0.4, 0.5) is 4.39 Å². The molecule has 7 heteroatoms. The molecule has 0 aliphatic rings. The molecule has 0 saturated heterocycles. The van der Waals surface area contributed by atoms with E-state index in [1.54, 1.807) is 20.0 Å². The number of esters is 1. The number of hydrogen-bond donors (Lipinski definition) is 2. The van der Waals surface area contributed by atoms with E-state index in [9.17, 15) is 9.18 Å². The topological polar surface area (TPSA) is 62.7 Å². The standard InChI is InChI=1S/C17H26FN3O2.HI/c1-12(15(22)23-5)10-20-16(19-4)21-11-17(2,3)13-7-6-8-14(18)9-13;/h6-9,12H,10-11H2,1-5H3,(H2,19,20,21);1H. The smallest absolute Gasteiger partial charge is 0.310 e. The predicted molar refractivity (Wildman–Crippen MR) is 105 cm³/mol. The number of rotatable bonds is 6. The van der Waals surface area contributed by atoms with Crippen molar-refractivity contribution in [2.24, 2.45) is 10.9 Å². The van der Waals surface area contributed by atoms with E-state index in [1.165, 1.54) is 19.2 Å². The summed E-state index contributed by atoms with van der Waals surface area (Å²) in [5.74, 6) is -0.196. The van der Waals surface area contributed by atoms with Crippen LogP contribution in [0, 0.1) is 11.7 Å². The molecule has 0 aromatic heterocycles. The van der Waals surface area contributed by atoms with Gasteiger partial charge in [-0.2, -0.15) is 0 Å². The highest BCUT2D eigenvalue weighted by Gasteiger charge is 2.21. The third-order valence-electron chi connectivity index (χ3n) is 3.71. The molecule has 2 N–H and O–H groups in total. The van der Waals surface area contributed by atoms with Crippen molar-refractivity contribution in [1.29, 1.82) is 0 Å². The minimum Gasteiger partial charge on any atom is -0.469 e. The number of nitrogens with one attached hydrogen (secondary N) is 2. The number of carbonyl (C=O) groups is 1. The largest absolute Gasteiger partial charge is 0.469 e. The van der Waals surface area contributed by atoms with E-state index in [-0.39, 0.29) is 47.1 Å². The molecule has 0 aliphatic carbocycles. The second-order valence-electron chi connectivity index (χ2n) is 6.13. The number of guanidine groups is 1. The van der Waals surface area contributed by atoms with Crippen molar-refractivity contribution in [3.05, 3.63) is 35.6 Å². The normalized spacial score (nSPS) is 12.8. The third-order valence-corrected chi connectivity index (χ3v) is 3.71. The van der Waals surface area contributed by atoms with Crippen molar-refractivity contribution in [3.63, 3.8) is 0 Å². The maximum atomic E-state index is 13.4. The molecule has 1 aromatic carbocycles. The van der Waals surface area contributed by atoms with Crippen LogP contribution in [0.3, 0.4) is 0 Å². The number of ether oxygens (including phenoxy) is 1. The van der Waals surface area contributed by atoms with Gasteiger partial charge in [0, 0.05) is 25.6 Å². The molecule has 0 radical (unpaired) electrons. The Bertz CT molecular complexity index is 565. The van der Waals surface area contributed by atoms with Gasteiger partial charge in [0.1, 0.15) is 5.82 Å². The lowest BCUT2D eigenvalue weighted by Crippen LogP contribution is -2.45. The molecule has 0 spiro atoms. The molecule has 1 unspecified atom stereocenters. The lowest BCUT2D eigenvalue weighted by atomic mass is 9.84. The Kier molecular flexibility index (Phi) is 9.88. The van der Waals surface area contributed by atoms with Crippen LogP contribution in [0.15, 0.2) is 29.3 Å². The van der Waals surface area contributed by atoms with Gasteiger partial charge in [-0.25, -0.2) is 4.39 Å². The van der Waals surface area contributed by atoms with E-state index < -0.39 is 0 Å². The molecule has 1 rings (SSSR count). The van der Waals surface area contributed by atoms with Crippen molar-refractivity contribution >= 4 is 35.9 Å². The summed E-state index contributed by atoms with van der Waals surface area (Å²) in [6, 6.07) is 6.58. The van der Waals surface area contributed by atoms with Gasteiger partial charge in [0.25, 0.3) is 0 Å². The van der Waals surface area contributed by atoms with Gasteiger partial charge in [-0.05, 0) is 17.7 Å². The minimum absolute atomic E-state index is 0. The van der Waals surface area contributed by atoms with E-state index >= 15 is 0 Å². The van der Waals surface area contributed by atoms with E-state index in [0.29, 0.717) is 19.0 Å². The highest BCUT2D eigenvalue weighted by Crippen LogP contribution is 2.22. The molecule has 24 heavy (non-hydrogen) atoms. The van der Waals surface area contributed by atoms with Gasteiger partial charge in [-0.15, -0.1) is 24.0 Å². The molecule has 0 saturated carbocycles. The van der Waals surface area contributed by atoms with Crippen LogP contribution in [0.5, 0.6) is 0 Å². The molecule has 0 fully saturated rings. The molecular formula is C17H27FIN3O2. The Labute approximate surface area is 160 Å². The number of benzene rings is 1. The first-order valence-electron chi connectivity index (χ1n) is 7.58. The molecule has 1 atom stereocenters. The van der Waals surface area contributed by atoms with Gasteiger partial charge >= 0.3 is 5.97 Å². The first-order valence-corrected chi connectivity index (χ1v) is 7.58. The highest BCUT2D eigenvalue weighted by molar-refractivity contribution is 14.0. The monoisotopic (exact) mass is 451 g/mol. The fraction of sp³-hybridized carbons (Fsp3) is 0.529. The van der Waals surface area contributed by atoms with Crippen LogP contribution < -0.4 is 10.6 Å². The average molecular weight is 451 g/mol. The Morgan fingerprint density at radius 1 is 1.38 bits per heavy atom. The maximum absolute atomic E-state index is 13.4. The fourth-order valence-corrected chi connectivity index (χ4v) is 2.07. The molecule has 136 valence electrons. The van der Waals surface area contributed by atoms with Gasteiger partial charge < -0.3 is 15.4 Å². The minimum atomic E-state index is -0.270. The lowest BCUT2D eigenvalue weighted by molar-refractivity contribution is -0.144. The van der Waals surface area contributed by atoms with Crippen molar-refractivity contribution in [3.8, 4) is 0 Å². The number of hydrogen-bond acceptors (Lipinski definition) is 3. The number of methoxy groups -OCH3 is 1. The van der Waals surface area contributed by atoms with Gasteiger partial charge in [-0.3, -0.25) is 9.79 Å².